The first-order valence-corrected chi connectivity index (χ1v) is 10.9. The van der Waals surface area contributed by atoms with E-state index in [0.29, 0.717) is 19.3 Å². The fraction of sp³-hybridized carbons (Fsp3) is 0.682. The molecule has 0 radical (unpaired) electrons. The van der Waals surface area contributed by atoms with Crippen molar-refractivity contribution in [1.82, 2.24) is 15.1 Å². The smallest absolute Gasteiger partial charge is 0.193 e. The van der Waals surface area contributed by atoms with Gasteiger partial charge in [-0.25, -0.2) is 0 Å². The quantitative estimate of drug-likeness (QED) is 0.422. The highest BCUT2D eigenvalue weighted by Crippen LogP contribution is 2.24. The molecule has 3 atom stereocenters. The summed E-state index contributed by atoms with van der Waals surface area (Å²) in [6.45, 7) is 7.55. The lowest BCUT2D eigenvalue weighted by Crippen LogP contribution is -2.50. The number of aliphatic imine (C=N–C) groups is 1. The number of likely N-dealkylation sites (tertiary alicyclic amines) is 1. The van der Waals surface area contributed by atoms with E-state index in [1.807, 2.05) is 7.05 Å². The predicted molar refractivity (Wildman–Crippen MR) is 113 cm³/mol. The van der Waals surface area contributed by atoms with E-state index in [2.05, 4.69) is 50.4 Å². The van der Waals surface area contributed by atoms with Crippen LogP contribution in [0.5, 0.6) is 0 Å². The van der Waals surface area contributed by atoms with Crippen molar-refractivity contribution >= 4 is 5.96 Å². The molecule has 7 nitrogen and oxygen atoms in total. The van der Waals surface area contributed by atoms with Crippen molar-refractivity contribution < 1.29 is 14.2 Å². The van der Waals surface area contributed by atoms with Gasteiger partial charge in [0.2, 0.25) is 0 Å². The third kappa shape index (κ3) is 5.48. The second-order valence-corrected chi connectivity index (χ2v) is 8.02. The van der Waals surface area contributed by atoms with E-state index < -0.39 is 0 Å². The number of rotatable bonds is 7. The van der Waals surface area contributed by atoms with Crippen molar-refractivity contribution in [1.29, 1.82) is 0 Å². The van der Waals surface area contributed by atoms with Gasteiger partial charge in [-0.05, 0) is 18.4 Å². The number of ether oxygens (including phenoxy) is 3. The Hall–Kier alpha value is -1.67. The summed E-state index contributed by atoms with van der Waals surface area (Å²) in [4.78, 5) is 9.36. The molecule has 0 saturated carbocycles. The number of benzene rings is 1. The first-order valence-electron chi connectivity index (χ1n) is 10.9. The van der Waals surface area contributed by atoms with Crippen LogP contribution in [0.15, 0.2) is 35.3 Å². The minimum atomic E-state index is 0.238. The van der Waals surface area contributed by atoms with E-state index in [-0.39, 0.29) is 12.2 Å². The van der Waals surface area contributed by atoms with Gasteiger partial charge in [0.05, 0.1) is 38.1 Å². The van der Waals surface area contributed by atoms with Crippen LogP contribution < -0.4 is 5.32 Å². The molecule has 1 N–H and O–H groups in total. The molecule has 3 aliphatic heterocycles. The van der Waals surface area contributed by atoms with Crippen molar-refractivity contribution in [3.05, 3.63) is 35.9 Å². The second kappa shape index (κ2) is 10.4. The lowest BCUT2D eigenvalue weighted by molar-refractivity contribution is -0.0502. The van der Waals surface area contributed by atoms with E-state index in [1.54, 1.807) is 0 Å². The molecule has 29 heavy (non-hydrogen) atoms. The summed E-state index contributed by atoms with van der Waals surface area (Å²) in [7, 11) is 1.85. The molecule has 160 valence electrons. The molecular formula is C22H34N4O3. The van der Waals surface area contributed by atoms with Gasteiger partial charge in [-0.1, -0.05) is 30.3 Å². The average Bonchev–Trinajstić information content (AvgIpc) is 3.42. The number of nitrogens with zero attached hydrogens (tertiary/aromatic N) is 3. The number of guanidine groups is 1. The zero-order chi connectivity index (χ0) is 19.9. The Kier molecular flexibility index (Phi) is 7.38. The second-order valence-electron chi connectivity index (χ2n) is 8.02. The maximum atomic E-state index is 6.09. The summed E-state index contributed by atoms with van der Waals surface area (Å²) < 4.78 is 17.4. The molecule has 0 aromatic heterocycles. The SMILES string of the molecule is CN=C(NCCOCC1CCCO1)N1CC2OCCN(Cc3ccccc3)C2C1. The highest BCUT2D eigenvalue weighted by molar-refractivity contribution is 5.80. The highest BCUT2D eigenvalue weighted by atomic mass is 16.5. The van der Waals surface area contributed by atoms with Crippen molar-refractivity contribution in [2.45, 2.75) is 37.6 Å². The van der Waals surface area contributed by atoms with Crippen molar-refractivity contribution in [3.8, 4) is 0 Å². The third-order valence-electron chi connectivity index (χ3n) is 6.01. The zero-order valence-electron chi connectivity index (χ0n) is 17.5. The Balaban J connectivity index is 1.24. The summed E-state index contributed by atoms with van der Waals surface area (Å²) >= 11 is 0. The van der Waals surface area contributed by atoms with Crippen LogP contribution in [0.4, 0.5) is 0 Å². The zero-order valence-corrected chi connectivity index (χ0v) is 17.5. The van der Waals surface area contributed by atoms with Crippen LogP contribution in [0.25, 0.3) is 0 Å². The Labute approximate surface area is 174 Å². The largest absolute Gasteiger partial charge is 0.377 e. The minimum Gasteiger partial charge on any atom is -0.377 e. The highest BCUT2D eigenvalue weighted by Gasteiger charge is 2.41. The van der Waals surface area contributed by atoms with Gasteiger partial charge in [0.15, 0.2) is 5.96 Å². The van der Waals surface area contributed by atoms with Gasteiger partial charge < -0.3 is 24.4 Å². The Morgan fingerprint density at radius 2 is 2.10 bits per heavy atom. The maximum Gasteiger partial charge on any atom is 0.193 e. The summed E-state index contributed by atoms with van der Waals surface area (Å²) in [5.41, 5.74) is 1.36. The molecule has 0 aliphatic carbocycles. The predicted octanol–water partition coefficient (Wildman–Crippen LogP) is 1.34. The monoisotopic (exact) mass is 402 g/mol. The number of nitrogens with one attached hydrogen (secondary N) is 1. The molecule has 0 amide bonds. The first-order chi connectivity index (χ1) is 14.3. The molecule has 3 fully saturated rings. The standard InChI is InChI=1S/C22H34N4O3/c1-23-22(24-9-12-27-17-19-8-5-11-28-19)26-15-20-21(16-26)29-13-10-25(20)14-18-6-3-2-4-7-18/h2-4,6-7,19-21H,5,8-17H2,1H3,(H,23,24). The molecule has 3 heterocycles. The Morgan fingerprint density at radius 3 is 2.90 bits per heavy atom. The van der Waals surface area contributed by atoms with Gasteiger partial charge in [0, 0.05) is 46.4 Å². The van der Waals surface area contributed by atoms with E-state index in [9.17, 15) is 0 Å². The normalized spacial score (nSPS) is 28.0. The van der Waals surface area contributed by atoms with Gasteiger partial charge in [0.25, 0.3) is 0 Å². The van der Waals surface area contributed by atoms with Crippen molar-refractivity contribution in [2.75, 3.05) is 59.7 Å². The van der Waals surface area contributed by atoms with E-state index in [4.69, 9.17) is 14.2 Å². The van der Waals surface area contributed by atoms with Gasteiger partial charge in [0.1, 0.15) is 0 Å². The summed E-state index contributed by atoms with van der Waals surface area (Å²) in [5.74, 6) is 0.934. The number of morpholine rings is 1. The van der Waals surface area contributed by atoms with E-state index in [0.717, 1.165) is 64.7 Å². The lowest BCUT2D eigenvalue weighted by Gasteiger charge is -2.36. The number of hydrogen-bond donors (Lipinski definition) is 1. The van der Waals surface area contributed by atoms with Crippen LogP contribution in [-0.2, 0) is 20.8 Å². The summed E-state index contributed by atoms with van der Waals surface area (Å²) in [6.07, 6.45) is 2.79. The van der Waals surface area contributed by atoms with Crippen molar-refractivity contribution in [3.63, 3.8) is 0 Å². The molecule has 7 heteroatoms. The van der Waals surface area contributed by atoms with Crippen LogP contribution in [0.3, 0.4) is 0 Å². The number of hydrogen-bond acceptors (Lipinski definition) is 5. The fourth-order valence-corrected chi connectivity index (χ4v) is 4.50. The maximum absolute atomic E-state index is 6.09. The Bertz CT molecular complexity index is 651. The van der Waals surface area contributed by atoms with Gasteiger partial charge in [-0.3, -0.25) is 9.89 Å². The van der Waals surface area contributed by atoms with Crippen LogP contribution >= 0.6 is 0 Å². The molecular weight excluding hydrogens is 368 g/mol. The minimum absolute atomic E-state index is 0.238. The van der Waals surface area contributed by atoms with Crippen LogP contribution in [0, 0.1) is 0 Å². The molecule has 3 unspecified atom stereocenters. The molecule has 0 spiro atoms. The van der Waals surface area contributed by atoms with E-state index >= 15 is 0 Å². The summed E-state index contributed by atoms with van der Waals surface area (Å²) in [5, 5.41) is 3.45. The van der Waals surface area contributed by atoms with Crippen molar-refractivity contribution in [2.24, 2.45) is 4.99 Å². The topological polar surface area (TPSA) is 58.6 Å². The molecule has 1 aromatic rings. The molecule has 0 bridgehead atoms. The van der Waals surface area contributed by atoms with Crippen LogP contribution in [-0.4, -0.2) is 93.7 Å². The molecule has 3 aliphatic rings. The van der Waals surface area contributed by atoms with Gasteiger partial charge in [-0.15, -0.1) is 0 Å². The number of fused-ring (bicyclic) bond motifs is 1. The molecule has 3 saturated heterocycles. The van der Waals surface area contributed by atoms with Crippen LogP contribution in [0.2, 0.25) is 0 Å². The fourth-order valence-electron chi connectivity index (χ4n) is 4.50. The van der Waals surface area contributed by atoms with Crippen LogP contribution in [0.1, 0.15) is 18.4 Å². The third-order valence-corrected chi connectivity index (χ3v) is 6.01. The van der Waals surface area contributed by atoms with Gasteiger partial charge >= 0.3 is 0 Å². The van der Waals surface area contributed by atoms with E-state index in [1.165, 1.54) is 5.56 Å². The summed E-state index contributed by atoms with van der Waals surface area (Å²) in [6, 6.07) is 11.1. The van der Waals surface area contributed by atoms with Gasteiger partial charge in [-0.2, -0.15) is 0 Å². The molecule has 1 aromatic carbocycles. The first kappa shape index (κ1) is 20.6. The Morgan fingerprint density at radius 1 is 1.21 bits per heavy atom. The lowest BCUT2D eigenvalue weighted by atomic mass is 10.1. The average molecular weight is 403 g/mol. The molecule has 4 rings (SSSR count).